The fraction of sp³-hybridized carbons (Fsp3) is 0. The Morgan fingerprint density at radius 1 is 0.417 bits per heavy atom. The Balaban J connectivity index is 2.06. The molecule has 24 heavy (non-hydrogen) atoms. The second-order valence-corrected chi connectivity index (χ2v) is 6.78. The highest BCUT2D eigenvalue weighted by molar-refractivity contribution is 6.37. The van der Waals surface area contributed by atoms with Crippen LogP contribution in [0.4, 0.5) is 0 Å². The van der Waals surface area contributed by atoms with Gasteiger partial charge in [0.2, 0.25) is 0 Å². The van der Waals surface area contributed by atoms with Crippen LogP contribution in [0.25, 0.3) is 65.5 Å². The largest absolute Gasteiger partial charge is 0.354 e. The molecule has 1 aliphatic carbocycles. The minimum absolute atomic E-state index is 1.22. The molecule has 0 saturated heterocycles. The summed E-state index contributed by atoms with van der Waals surface area (Å²) in [6.07, 6.45) is 0. The molecule has 0 fully saturated rings. The van der Waals surface area contributed by atoms with E-state index < -0.39 is 0 Å². The summed E-state index contributed by atoms with van der Waals surface area (Å²) in [6.45, 7) is 0. The fourth-order valence-electron chi connectivity index (χ4n) is 4.74. The second kappa shape index (κ2) is 3.46. The molecule has 0 bridgehead atoms. The van der Waals surface area contributed by atoms with Gasteiger partial charge in [-0.05, 0) is 40.8 Å². The van der Waals surface area contributed by atoms with Crippen molar-refractivity contribution >= 4 is 54.4 Å². The molecule has 2 heteroatoms. The second-order valence-electron chi connectivity index (χ2n) is 6.78. The number of nitrogens with one attached hydrogen (secondary N) is 2. The average molecular weight is 304 g/mol. The van der Waals surface area contributed by atoms with Crippen LogP contribution in [-0.2, 0) is 0 Å². The van der Waals surface area contributed by atoms with Crippen LogP contribution < -0.4 is 0 Å². The molecule has 2 N–H and O–H groups in total. The van der Waals surface area contributed by atoms with Crippen molar-refractivity contribution in [1.82, 2.24) is 9.97 Å². The maximum atomic E-state index is 3.62. The van der Waals surface area contributed by atoms with Gasteiger partial charge in [0.1, 0.15) is 0 Å². The summed E-state index contributed by atoms with van der Waals surface area (Å²) in [5, 5.41) is 8.12. The maximum absolute atomic E-state index is 3.62. The first-order valence-electron chi connectivity index (χ1n) is 8.31. The highest BCUT2D eigenvalue weighted by atomic mass is 14.7. The van der Waals surface area contributed by atoms with Crippen molar-refractivity contribution < 1.29 is 0 Å². The Kier molecular flexibility index (Phi) is 1.63. The van der Waals surface area contributed by atoms with Crippen molar-refractivity contribution in [3.05, 3.63) is 60.7 Å². The number of aromatic nitrogens is 2. The van der Waals surface area contributed by atoms with Gasteiger partial charge in [-0.25, -0.2) is 0 Å². The van der Waals surface area contributed by atoms with E-state index in [1.54, 1.807) is 0 Å². The smallest absolute Gasteiger partial charge is 0.0471 e. The van der Waals surface area contributed by atoms with Crippen LogP contribution in [0.1, 0.15) is 0 Å². The van der Waals surface area contributed by atoms with Crippen LogP contribution in [0.3, 0.4) is 0 Å². The summed E-state index contributed by atoms with van der Waals surface area (Å²) in [5.41, 5.74) is 7.54. The lowest BCUT2D eigenvalue weighted by atomic mass is 9.98. The normalized spacial score (nSPS) is 13.0. The molecule has 4 aromatic carbocycles. The van der Waals surface area contributed by atoms with Crippen molar-refractivity contribution in [2.24, 2.45) is 0 Å². The van der Waals surface area contributed by atoms with Gasteiger partial charge >= 0.3 is 0 Å². The number of rotatable bonds is 0. The van der Waals surface area contributed by atoms with Crippen molar-refractivity contribution in [2.75, 3.05) is 0 Å². The van der Waals surface area contributed by atoms with E-state index in [0.717, 1.165) is 0 Å². The van der Waals surface area contributed by atoms with E-state index in [9.17, 15) is 0 Å². The predicted octanol–water partition coefficient (Wildman–Crippen LogP) is 6.09. The van der Waals surface area contributed by atoms with E-state index in [1.807, 2.05) is 0 Å². The lowest BCUT2D eigenvalue weighted by Gasteiger charge is -2.05. The topological polar surface area (TPSA) is 31.6 Å². The SMILES string of the molecule is c1cc2c3c(c1)[nH]c1ccc4ccc5[nH]c6cccc-2c6c5c4c13. The summed E-state index contributed by atoms with van der Waals surface area (Å²) in [7, 11) is 0. The van der Waals surface area contributed by atoms with Gasteiger partial charge in [-0.1, -0.05) is 36.4 Å². The molecule has 0 spiro atoms. The third kappa shape index (κ3) is 1.06. The number of fused-ring (bicyclic) bond motifs is 1. The number of benzene rings is 4. The van der Waals surface area contributed by atoms with E-state index >= 15 is 0 Å². The quantitative estimate of drug-likeness (QED) is 0.340. The standard InChI is InChI=1S/C22H12N2/c1-3-12-13-4-2-6-15-20(13)22-17(24-15)10-8-11-7-9-16-21(18(11)22)19(12)14(5-1)23-16/h1-10,23-24H. The monoisotopic (exact) mass is 304 g/mol. The van der Waals surface area contributed by atoms with E-state index in [-0.39, 0.29) is 0 Å². The Bertz CT molecular complexity index is 1380. The fourth-order valence-corrected chi connectivity index (χ4v) is 4.74. The molecule has 0 amide bonds. The van der Waals surface area contributed by atoms with Gasteiger partial charge < -0.3 is 9.97 Å². The minimum Gasteiger partial charge on any atom is -0.354 e. The number of hydrogen-bond acceptors (Lipinski definition) is 0. The Morgan fingerprint density at radius 3 is 1.46 bits per heavy atom. The molecule has 2 aromatic heterocycles. The van der Waals surface area contributed by atoms with Crippen LogP contribution in [0, 0.1) is 0 Å². The summed E-state index contributed by atoms with van der Waals surface area (Å²) < 4.78 is 0. The van der Waals surface area contributed by atoms with Crippen molar-refractivity contribution in [1.29, 1.82) is 0 Å². The Morgan fingerprint density at radius 2 is 0.917 bits per heavy atom. The Labute approximate surface area is 136 Å². The van der Waals surface area contributed by atoms with Gasteiger partial charge in [0.25, 0.3) is 0 Å². The maximum Gasteiger partial charge on any atom is 0.0471 e. The van der Waals surface area contributed by atoms with Gasteiger partial charge in [0, 0.05) is 49.0 Å². The first-order valence-corrected chi connectivity index (χ1v) is 8.31. The molecule has 0 radical (unpaired) electrons. The molecule has 2 heterocycles. The van der Waals surface area contributed by atoms with Crippen molar-refractivity contribution in [2.45, 2.75) is 0 Å². The van der Waals surface area contributed by atoms with Crippen molar-refractivity contribution in [3.8, 4) is 11.1 Å². The summed E-state index contributed by atoms with van der Waals surface area (Å²) in [4.78, 5) is 7.24. The zero-order valence-corrected chi connectivity index (χ0v) is 12.8. The first kappa shape index (κ1) is 11.3. The first-order chi connectivity index (χ1) is 11.9. The summed E-state index contributed by atoms with van der Waals surface area (Å²) in [6, 6.07) is 22.1. The predicted molar refractivity (Wildman–Crippen MR) is 102 cm³/mol. The van der Waals surface area contributed by atoms with Crippen LogP contribution in [-0.4, -0.2) is 9.97 Å². The number of H-pyrrole nitrogens is 2. The molecule has 0 unspecified atom stereocenters. The van der Waals surface area contributed by atoms with E-state index in [1.165, 1.54) is 65.5 Å². The molecule has 0 aliphatic heterocycles. The highest BCUT2D eigenvalue weighted by Crippen LogP contribution is 2.48. The van der Waals surface area contributed by atoms with Gasteiger partial charge in [0.05, 0.1) is 0 Å². The van der Waals surface area contributed by atoms with Gasteiger partial charge in [-0.3, -0.25) is 0 Å². The van der Waals surface area contributed by atoms with Gasteiger partial charge in [0.15, 0.2) is 0 Å². The van der Waals surface area contributed by atoms with E-state index in [0.29, 0.717) is 0 Å². The van der Waals surface area contributed by atoms with Crippen LogP contribution in [0.2, 0.25) is 0 Å². The highest BCUT2D eigenvalue weighted by Gasteiger charge is 2.22. The molecular formula is C22H12N2. The summed E-state index contributed by atoms with van der Waals surface area (Å²) in [5.74, 6) is 0. The number of aromatic amines is 2. The lowest BCUT2D eigenvalue weighted by molar-refractivity contribution is 1.55. The lowest BCUT2D eigenvalue weighted by Crippen LogP contribution is -1.80. The Hall–Kier alpha value is -3.26. The average Bonchev–Trinajstić information content (AvgIpc) is 3.14. The molecule has 0 atom stereocenters. The van der Waals surface area contributed by atoms with Crippen LogP contribution in [0.5, 0.6) is 0 Å². The number of hydrogen-bond donors (Lipinski definition) is 2. The van der Waals surface area contributed by atoms with E-state index in [4.69, 9.17) is 0 Å². The van der Waals surface area contributed by atoms with Crippen molar-refractivity contribution in [3.63, 3.8) is 0 Å². The molecular weight excluding hydrogens is 292 g/mol. The molecule has 2 nitrogen and oxygen atoms in total. The third-order valence-electron chi connectivity index (χ3n) is 5.64. The van der Waals surface area contributed by atoms with E-state index in [2.05, 4.69) is 70.6 Å². The van der Waals surface area contributed by atoms with Crippen LogP contribution >= 0.6 is 0 Å². The zero-order chi connectivity index (χ0) is 15.4. The molecule has 110 valence electrons. The molecule has 7 rings (SSSR count). The summed E-state index contributed by atoms with van der Waals surface area (Å²) >= 11 is 0. The zero-order valence-electron chi connectivity index (χ0n) is 12.8. The minimum atomic E-state index is 1.22. The van der Waals surface area contributed by atoms with Gasteiger partial charge in [-0.2, -0.15) is 0 Å². The molecule has 1 aliphatic rings. The molecule has 6 aromatic rings. The molecule has 0 saturated carbocycles. The van der Waals surface area contributed by atoms with Crippen LogP contribution in [0.15, 0.2) is 60.7 Å². The third-order valence-corrected chi connectivity index (χ3v) is 5.64. The van der Waals surface area contributed by atoms with Gasteiger partial charge in [-0.15, -0.1) is 0 Å².